The van der Waals surface area contributed by atoms with Crippen LogP contribution in [0.1, 0.15) is 76.0 Å². The molecule has 2 saturated heterocycles. The summed E-state index contributed by atoms with van der Waals surface area (Å²) >= 11 is 0. The molecule has 0 bridgehead atoms. The highest BCUT2D eigenvalue weighted by Crippen LogP contribution is 2.50. The number of aromatic amines is 2. The van der Waals surface area contributed by atoms with Gasteiger partial charge >= 0.3 is 0 Å². The second-order valence-corrected chi connectivity index (χ2v) is 14.9. The van der Waals surface area contributed by atoms with Crippen molar-refractivity contribution in [2.75, 3.05) is 34.4 Å². The molecule has 4 aliphatic heterocycles. The van der Waals surface area contributed by atoms with Crippen LogP contribution in [0, 0.1) is 0 Å². The van der Waals surface area contributed by atoms with Crippen molar-refractivity contribution in [2.45, 2.75) is 86.7 Å². The predicted octanol–water partition coefficient (Wildman–Crippen LogP) is 6.79. The molecule has 50 heavy (non-hydrogen) atoms. The molecule has 0 saturated carbocycles. The van der Waals surface area contributed by atoms with Gasteiger partial charge in [0.05, 0.1) is 31.3 Å². The number of carbonyl (C=O) groups is 2. The van der Waals surface area contributed by atoms with E-state index in [0.29, 0.717) is 24.9 Å². The molecule has 0 spiro atoms. The Morgan fingerprint density at radius 2 is 1.26 bits per heavy atom. The molecule has 2 N–H and O–H groups in total. The van der Waals surface area contributed by atoms with Crippen LogP contribution in [-0.4, -0.2) is 89.0 Å². The van der Waals surface area contributed by atoms with Gasteiger partial charge in [0.25, 0.3) is 0 Å². The van der Waals surface area contributed by atoms with Crippen LogP contribution in [0.2, 0.25) is 0 Å². The number of H-pyrrole nitrogens is 2. The van der Waals surface area contributed by atoms with Crippen LogP contribution in [0.4, 0.5) is 0 Å². The van der Waals surface area contributed by atoms with Gasteiger partial charge in [-0.25, -0.2) is 0 Å². The standard InChI is InChI=1S/C21H24N2O3.C20H22N2O2.2H2/c1-25-14-3-4-17-16(12-14)15-7-10-23-18(20(15)22-17)6-9-21(26-2)8-5-13(24)11-19(21)23;1-24-20-9-6-13(23)12-18(20)22-11-8-15-14-4-2-3-5-16(14)21-19(15)17(22)7-10-20;;/h3-5,8,12,18-19,22H,6-7,9-11H2,1-2H3;2-6,9,17-18,21H,7-8,10-12H2,1H3;2*1H/t18-,19+,21-;17-,18?,20-;;/m00../s1. The Balaban J connectivity index is 0.000000156. The molecule has 4 aromatic rings. The van der Waals surface area contributed by atoms with Crippen LogP contribution in [-0.2, 0) is 31.9 Å². The molecular weight excluding hydrogens is 628 g/mol. The summed E-state index contributed by atoms with van der Waals surface area (Å²) in [5.41, 5.74) is 7.32. The van der Waals surface area contributed by atoms with E-state index in [1.165, 1.54) is 44.3 Å². The highest BCUT2D eigenvalue weighted by Gasteiger charge is 2.52. The topological polar surface area (TPSA) is 99.9 Å². The number of aromatic nitrogens is 2. The third kappa shape index (κ3) is 4.81. The summed E-state index contributed by atoms with van der Waals surface area (Å²) in [6.07, 6.45) is 14.6. The fourth-order valence-electron chi connectivity index (χ4n) is 10.4. The summed E-state index contributed by atoms with van der Waals surface area (Å²) in [6.45, 7) is 1.95. The second kappa shape index (κ2) is 12.0. The smallest absolute Gasteiger partial charge is 0.157 e. The molecule has 9 nitrogen and oxygen atoms in total. The van der Waals surface area contributed by atoms with Crippen LogP contribution >= 0.6 is 0 Å². The molecule has 2 aromatic carbocycles. The van der Waals surface area contributed by atoms with Crippen molar-refractivity contribution in [1.82, 2.24) is 19.8 Å². The zero-order valence-corrected chi connectivity index (χ0v) is 29.2. The average molecular weight is 679 g/mol. The number of ether oxygens (including phenoxy) is 3. The third-order valence-electron chi connectivity index (χ3n) is 12.9. The van der Waals surface area contributed by atoms with Crippen LogP contribution in [0.25, 0.3) is 21.8 Å². The first kappa shape index (κ1) is 31.9. The van der Waals surface area contributed by atoms with E-state index in [9.17, 15) is 9.59 Å². The minimum atomic E-state index is -0.322. The summed E-state index contributed by atoms with van der Waals surface area (Å²) in [5.74, 6) is 1.32. The van der Waals surface area contributed by atoms with Gasteiger partial charge in [-0.3, -0.25) is 19.4 Å². The summed E-state index contributed by atoms with van der Waals surface area (Å²) < 4.78 is 17.3. The van der Waals surface area contributed by atoms with E-state index < -0.39 is 0 Å². The number of ketones is 2. The maximum Gasteiger partial charge on any atom is 0.157 e. The zero-order chi connectivity index (χ0) is 34.2. The fourth-order valence-corrected chi connectivity index (χ4v) is 10.4. The molecule has 2 aromatic heterocycles. The minimum Gasteiger partial charge on any atom is -0.497 e. The molecule has 264 valence electrons. The molecule has 10 rings (SSSR count). The fraction of sp³-hybridized carbons (Fsp3) is 0.463. The highest BCUT2D eigenvalue weighted by atomic mass is 16.5. The lowest BCUT2D eigenvalue weighted by atomic mass is 9.73. The number of carbonyl (C=O) groups excluding carboxylic acids is 2. The number of allylic oxidation sites excluding steroid dienone is 2. The first-order chi connectivity index (χ1) is 24.4. The number of piperidine rings is 2. The van der Waals surface area contributed by atoms with Crippen molar-refractivity contribution >= 4 is 33.4 Å². The van der Waals surface area contributed by atoms with E-state index in [4.69, 9.17) is 14.2 Å². The predicted molar refractivity (Wildman–Crippen MR) is 197 cm³/mol. The van der Waals surface area contributed by atoms with Crippen LogP contribution in [0.3, 0.4) is 0 Å². The van der Waals surface area contributed by atoms with Gasteiger partial charge in [0, 0.05) is 76.2 Å². The molecule has 6 aliphatic rings. The van der Waals surface area contributed by atoms with Gasteiger partial charge in [-0.2, -0.15) is 0 Å². The number of hydrogen-bond donors (Lipinski definition) is 2. The van der Waals surface area contributed by atoms with E-state index in [2.05, 4.69) is 56.2 Å². The van der Waals surface area contributed by atoms with Crippen molar-refractivity contribution in [3.63, 3.8) is 0 Å². The minimum absolute atomic E-state index is 0. The summed E-state index contributed by atoms with van der Waals surface area (Å²) in [4.78, 5) is 36.5. The van der Waals surface area contributed by atoms with Gasteiger partial charge in [0.2, 0.25) is 0 Å². The van der Waals surface area contributed by atoms with E-state index in [1.807, 2.05) is 18.2 Å². The molecule has 0 amide bonds. The Bertz CT molecular complexity index is 2070. The Labute approximate surface area is 295 Å². The highest BCUT2D eigenvalue weighted by molar-refractivity contribution is 5.92. The Morgan fingerprint density at radius 1 is 0.720 bits per heavy atom. The van der Waals surface area contributed by atoms with E-state index in [-0.39, 0.29) is 37.7 Å². The lowest BCUT2D eigenvalue weighted by Gasteiger charge is -2.54. The number of fused-ring (bicyclic) bond motifs is 14. The molecule has 6 atom stereocenters. The number of para-hydroxylation sites is 1. The lowest BCUT2D eigenvalue weighted by Crippen LogP contribution is -2.61. The first-order valence-corrected chi connectivity index (χ1v) is 18.2. The van der Waals surface area contributed by atoms with Crippen LogP contribution < -0.4 is 4.74 Å². The molecule has 2 fully saturated rings. The maximum atomic E-state index is 12.1. The molecule has 9 heteroatoms. The number of benzene rings is 2. The largest absolute Gasteiger partial charge is 0.497 e. The van der Waals surface area contributed by atoms with Crippen molar-refractivity contribution in [3.05, 3.63) is 89.3 Å². The summed E-state index contributed by atoms with van der Waals surface area (Å²) in [6, 6.07) is 15.8. The van der Waals surface area contributed by atoms with Crippen molar-refractivity contribution in [2.24, 2.45) is 0 Å². The average Bonchev–Trinajstić information content (AvgIpc) is 3.73. The van der Waals surface area contributed by atoms with Gasteiger partial charge in [-0.15, -0.1) is 0 Å². The molecule has 2 aliphatic carbocycles. The number of methoxy groups -OCH3 is 3. The number of nitrogens with zero attached hydrogens (tertiary/aromatic N) is 2. The molecule has 1 unspecified atom stereocenters. The van der Waals surface area contributed by atoms with Crippen LogP contribution in [0.15, 0.2) is 66.8 Å². The molecular formula is C41H50N4O5. The second-order valence-electron chi connectivity index (χ2n) is 14.9. The van der Waals surface area contributed by atoms with Gasteiger partial charge in [0.1, 0.15) is 17.0 Å². The molecule has 0 radical (unpaired) electrons. The summed E-state index contributed by atoms with van der Waals surface area (Å²) in [5, 5.41) is 2.62. The Kier molecular flexibility index (Phi) is 7.69. The first-order valence-electron chi connectivity index (χ1n) is 18.2. The number of rotatable bonds is 3. The van der Waals surface area contributed by atoms with Gasteiger partial charge in [0.15, 0.2) is 11.6 Å². The van der Waals surface area contributed by atoms with Crippen molar-refractivity contribution in [1.29, 1.82) is 0 Å². The van der Waals surface area contributed by atoms with E-state index >= 15 is 0 Å². The quantitative estimate of drug-likeness (QED) is 0.246. The van der Waals surface area contributed by atoms with Gasteiger partial charge in [-0.05, 0) is 98.2 Å². The lowest BCUT2D eigenvalue weighted by molar-refractivity contribution is -0.131. The third-order valence-corrected chi connectivity index (χ3v) is 12.9. The maximum absolute atomic E-state index is 12.1. The van der Waals surface area contributed by atoms with Crippen molar-refractivity contribution in [3.8, 4) is 5.75 Å². The summed E-state index contributed by atoms with van der Waals surface area (Å²) in [7, 11) is 5.27. The van der Waals surface area contributed by atoms with Crippen LogP contribution in [0.5, 0.6) is 5.75 Å². The molecule has 6 heterocycles. The normalized spacial score (nSPS) is 31.6. The van der Waals surface area contributed by atoms with Gasteiger partial charge < -0.3 is 24.2 Å². The zero-order valence-electron chi connectivity index (χ0n) is 29.2. The number of nitrogens with one attached hydrogen (secondary N) is 2. The van der Waals surface area contributed by atoms with E-state index in [0.717, 1.165) is 57.4 Å². The monoisotopic (exact) mass is 678 g/mol. The Hall–Kier alpha value is -4.02. The van der Waals surface area contributed by atoms with E-state index in [1.54, 1.807) is 33.5 Å². The Morgan fingerprint density at radius 3 is 1.82 bits per heavy atom. The van der Waals surface area contributed by atoms with Crippen molar-refractivity contribution < 1.29 is 26.7 Å². The SMILES string of the molecule is CO[C@]12C=CC(=O)CC1N1CCc3c([nH]c4ccccc34)[C@@H]1CC2.COc1ccc2[nH]c3c(c2c1)CCN1[C@H]3CC[C@@]2(OC)C=CC(=O)C[C@@H]12.[HH].[HH]. The number of hydrogen-bond acceptors (Lipinski definition) is 7. The van der Waals surface area contributed by atoms with Gasteiger partial charge in [-0.1, -0.05) is 18.2 Å².